The fourth-order valence-electron chi connectivity index (χ4n) is 2.72. The Bertz CT molecular complexity index is 369. The summed E-state index contributed by atoms with van der Waals surface area (Å²) < 4.78 is 5.80. The van der Waals surface area contributed by atoms with E-state index in [0.717, 1.165) is 39.3 Å². The predicted molar refractivity (Wildman–Crippen MR) is 84.2 cm³/mol. The zero-order valence-corrected chi connectivity index (χ0v) is 12.8. The van der Waals surface area contributed by atoms with Crippen LogP contribution in [-0.4, -0.2) is 50.3 Å². The Balaban J connectivity index is 1.61. The van der Waals surface area contributed by atoms with E-state index in [2.05, 4.69) is 54.4 Å². The first-order valence-corrected chi connectivity index (χ1v) is 7.89. The molecule has 1 aliphatic rings. The second-order valence-corrected chi connectivity index (χ2v) is 5.69. The van der Waals surface area contributed by atoms with Gasteiger partial charge >= 0.3 is 0 Å². The van der Waals surface area contributed by atoms with Crippen molar-refractivity contribution >= 4 is 0 Å². The van der Waals surface area contributed by atoms with Crippen LogP contribution in [0.4, 0.5) is 0 Å². The number of morpholine rings is 1. The van der Waals surface area contributed by atoms with Gasteiger partial charge in [-0.15, -0.1) is 0 Å². The summed E-state index contributed by atoms with van der Waals surface area (Å²) in [4.78, 5) is 2.46. The molecule has 112 valence electrons. The van der Waals surface area contributed by atoms with Gasteiger partial charge in [-0.2, -0.15) is 0 Å². The average Bonchev–Trinajstić information content (AvgIpc) is 2.52. The van der Waals surface area contributed by atoms with E-state index in [1.54, 1.807) is 0 Å². The first kappa shape index (κ1) is 15.5. The first-order valence-electron chi connectivity index (χ1n) is 7.89. The largest absolute Gasteiger partial charge is 0.374 e. The molecule has 1 aliphatic heterocycles. The topological polar surface area (TPSA) is 24.5 Å². The highest BCUT2D eigenvalue weighted by Crippen LogP contribution is 2.17. The Labute approximate surface area is 123 Å². The summed E-state index contributed by atoms with van der Waals surface area (Å²) in [7, 11) is 0. The summed E-state index contributed by atoms with van der Waals surface area (Å²) in [5, 5.41) is 3.55. The van der Waals surface area contributed by atoms with Crippen molar-refractivity contribution in [2.45, 2.75) is 32.3 Å². The van der Waals surface area contributed by atoms with Crippen LogP contribution in [0.5, 0.6) is 0 Å². The van der Waals surface area contributed by atoms with Crippen molar-refractivity contribution < 1.29 is 4.74 Å². The maximum Gasteiger partial charge on any atom is 0.0826 e. The highest BCUT2D eigenvalue weighted by atomic mass is 16.5. The standard InChI is InChI=1S/C17H28N2O/c1-3-19-11-12-20-17(14-19)13-18-10-9-15(2)16-7-5-4-6-8-16/h4-8,15,17-18H,3,9-14H2,1-2H3. The summed E-state index contributed by atoms with van der Waals surface area (Å²) in [6.45, 7) is 10.7. The van der Waals surface area contributed by atoms with Gasteiger partial charge in [0.05, 0.1) is 12.7 Å². The molecule has 2 unspecified atom stereocenters. The number of hydrogen-bond donors (Lipinski definition) is 1. The van der Waals surface area contributed by atoms with E-state index in [9.17, 15) is 0 Å². The molecule has 1 aromatic carbocycles. The molecule has 1 heterocycles. The molecule has 0 amide bonds. The minimum absolute atomic E-state index is 0.357. The quantitative estimate of drug-likeness (QED) is 0.774. The summed E-state index contributed by atoms with van der Waals surface area (Å²) >= 11 is 0. The van der Waals surface area contributed by atoms with Gasteiger partial charge < -0.3 is 10.1 Å². The fraction of sp³-hybridized carbons (Fsp3) is 0.647. The number of rotatable bonds is 7. The molecule has 1 fully saturated rings. The molecule has 1 saturated heterocycles. The summed E-state index contributed by atoms with van der Waals surface area (Å²) in [6.07, 6.45) is 1.53. The number of nitrogens with zero attached hydrogens (tertiary/aromatic N) is 1. The van der Waals surface area contributed by atoms with E-state index in [0.29, 0.717) is 12.0 Å². The minimum atomic E-state index is 0.357. The molecular formula is C17H28N2O. The molecule has 3 heteroatoms. The molecule has 0 aliphatic carbocycles. The predicted octanol–water partition coefficient (Wildman–Crippen LogP) is 2.49. The van der Waals surface area contributed by atoms with E-state index in [1.165, 1.54) is 12.0 Å². The van der Waals surface area contributed by atoms with E-state index >= 15 is 0 Å². The zero-order chi connectivity index (χ0) is 14.2. The molecule has 0 spiro atoms. The van der Waals surface area contributed by atoms with Crippen molar-refractivity contribution in [1.82, 2.24) is 10.2 Å². The maximum atomic E-state index is 5.80. The number of ether oxygens (including phenoxy) is 1. The molecule has 3 nitrogen and oxygen atoms in total. The van der Waals surface area contributed by atoms with E-state index < -0.39 is 0 Å². The Morgan fingerprint density at radius 3 is 2.90 bits per heavy atom. The Hall–Kier alpha value is -0.900. The van der Waals surface area contributed by atoms with Gasteiger partial charge in [0.2, 0.25) is 0 Å². The third-order valence-corrected chi connectivity index (χ3v) is 4.16. The number of hydrogen-bond acceptors (Lipinski definition) is 3. The molecule has 0 aromatic heterocycles. The summed E-state index contributed by atoms with van der Waals surface area (Å²) in [6, 6.07) is 10.7. The highest BCUT2D eigenvalue weighted by molar-refractivity contribution is 5.18. The van der Waals surface area contributed by atoms with Crippen molar-refractivity contribution in [2.24, 2.45) is 0 Å². The van der Waals surface area contributed by atoms with Crippen LogP contribution < -0.4 is 5.32 Å². The van der Waals surface area contributed by atoms with Crippen LogP contribution in [0.15, 0.2) is 30.3 Å². The van der Waals surface area contributed by atoms with Gasteiger partial charge in [-0.1, -0.05) is 44.2 Å². The smallest absolute Gasteiger partial charge is 0.0826 e. The lowest BCUT2D eigenvalue weighted by Crippen LogP contribution is -2.46. The van der Waals surface area contributed by atoms with Crippen LogP contribution in [0.25, 0.3) is 0 Å². The Morgan fingerprint density at radius 1 is 1.35 bits per heavy atom. The monoisotopic (exact) mass is 276 g/mol. The number of nitrogens with one attached hydrogen (secondary N) is 1. The van der Waals surface area contributed by atoms with Crippen LogP contribution in [0, 0.1) is 0 Å². The van der Waals surface area contributed by atoms with Crippen molar-refractivity contribution in [3.05, 3.63) is 35.9 Å². The molecule has 2 rings (SSSR count). The first-order chi connectivity index (χ1) is 9.79. The van der Waals surface area contributed by atoms with Crippen molar-refractivity contribution in [3.63, 3.8) is 0 Å². The third-order valence-electron chi connectivity index (χ3n) is 4.16. The van der Waals surface area contributed by atoms with Gasteiger partial charge in [0.1, 0.15) is 0 Å². The fourth-order valence-corrected chi connectivity index (χ4v) is 2.72. The molecule has 0 radical (unpaired) electrons. The molecule has 1 aromatic rings. The van der Waals surface area contributed by atoms with E-state index in [1.807, 2.05) is 0 Å². The summed E-state index contributed by atoms with van der Waals surface area (Å²) in [5.41, 5.74) is 1.43. The highest BCUT2D eigenvalue weighted by Gasteiger charge is 2.18. The molecule has 2 atom stereocenters. The Morgan fingerprint density at radius 2 is 2.15 bits per heavy atom. The third kappa shape index (κ3) is 4.89. The van der Waals surface area contributed by atoms with Gasteiger partial charge in [0.15, 0.2) is 0 Å². The van der Waals surface area contributed by atoms with Gasteiger partial charge in [-0.25, -0.2) is 0 Å². The normalized spacial score (nSPS) is 21.8. The second kappa shape index (κ2) is 8.40. The van der Waals surface area contributed by atoms with Crippen LogP contribution in [0.1, 0.15) is 31.7 Å². The van der Waals surface area contributed by atoms with Crippen molar-refractivity contribution in [3.8, 4) is 0 Å². The average molecular weight is 276 g/mol. The van der Waals surface area contributed by atoms with Gasteiger partial charge in [0, 0.05) is 19.6 Å². The maximum absolute atomic E-state index is 5.80. The second-order valence-electron chi connectivity index (χ2n) is 5.69. The zero-order valence-electron chi connectivity index (χ0n) is 12.8. The van der Waals surface area contributed by atoms with Gasteiger partial charge in [-0.3, -0.25) is 4.90 Å². The van der Waals surface area contributed by atoms with Gasteiger partial charge in [-0.05, 0) is 31.0 Å². The van der Waals surface area contributed by atoms with Gasteiger partial charge in [0.25, 0.3) is 0 Å². The SMILES string of the molecule is CCN1CCOC(CNCCC(C)c2ccccc2)C1. The van der Waals surface area contributed by atoms with Crippen molar-refractivity contribution in [2.75, 3.05) is 39.3 Å². The lowest BCUT2D eigenvalue weighted by molar-refractivity contribution is -0.0252. The number of benzene rings is 1. The molecule has 0 bridgehead atoms. The lowest BCUT2D eigenvalue weighted by atomic mass is 9.98. The van der Waals surface area contributed by atoms with Crippen molar-refractivity contribution in [1.29, 1.82) is 0 Å². The molecule has 20 heavy (non-hydrogen) atoms. The van der Waals surface area contributed by atoms with E-state index in [-0.39, 0.29) is 0 Å². The van der Waals surface area contributed by atoms with E-state index in [4.69, 9.17) is 4.74 Å². The van der Waals surface area contributed by atoms with Crippen LogP contribution in [-0.2, 0) is 4.74 Å². The number of likely N-dealkylation sites (N-methyl/N-ethyl adjacent to an activating group) is 1. The van der Waals surface area contributed by atoms with Crippen LogP contribution in [0.2, 0.25) is 0 Å². The van der Waals surface area contributed by atoms with Crippen LogP contribution >= 0.6 is 0 Å². The van der Waals surface area contributed by atoms with Crippen LogP contribution in [0.3, 0.4) is 0 Å². The molecule has 1 N–H and O–H groups in total. The minimum Gasteiger partial charge on any atom is -0.374 e. The Kier molecular flexibility index (Phi) is 6.51. The molecular weight excluding hydrogens is 248 g/mol. The summed E-state index contributed by atoms with van der Waals surface area (Å²) in [5.74, 6) is 0.614. The lowest BCUT2D eigenvalue weighted by Gasteiger charge is -2.32. The molecule has 0 saturated carbocycles.